The van der Waals surface area contributed by atoms with Gasteiger partial charge in [-0.2, -0.15) is 5.10 Å². The van der Waals surface area contributed by atoms with Crippen LogP contribution in [0.25, 0.3) is 0 Å². The maximum atomic E-state index is 6.14. The maximum absolute atomic E-state index is 6.14. The highest BCUT2D eigenvalue weighted by molar-refractivity contribution is 6.33. The first-order chi connectivity index (χ1) is 11.1. The number of pyridine rings is 1. The Morgan fingerprint density at radius 1 is 1.13 bits per heavy atom. The summed E-state index contributed by atoms with van der Waals surface area (Å²) in [7, 11) is 0. The van der Waals surface area contributed by atoms with Crippen LogP contribution in [0.5, 0.6) is 0 Å². The first kappa shape index (κ1) is 15.6. The van der Waals surface area contributed by atoms with Gasteiger partial charge in [0.15, 0.2) is 0 Å². The molecule has 1 N–H and O–H groups in total. The molecule has 4 nitrogen and oxygen atoms in total. The highest BCUT2D eigenvalue weighted by Gasteiger charge is 2.12. The van der Waals surface area contributed by atoms with Crippen LogP contribution in [0.15, 0.2) is 48.8 Å². The van der Waals surface area contributed by atoms with E-state index in [-0.39, 0.29) is 0 Å². The number of anilines is 1. The van der Waals surface area contributed by atoms with E-state index in [9.17, 15) is 0 Å². The second-order valence-electron chi connectivity index (χ2n) is 5.50. The fourth-order valence-corrected chi connectivity index (χ4v) is 2.79. The molecular weight excluding hydrogens is 308 g/mol. The minimum absolute atomic E-state index is 0.625. The molecule has 0 atom stereocenters. The van der Waals surface area contributed by atoms with E-state index in [1.54, 1.807) is 12.4 Å². The highest BCUT2D eigenvalue weighted by atomic mass is 35.5. The number of halogens is 1. The Labute approximate surface area is 141 Å². The first-order valence-corrected chi connectivity index (χ1v) is 7.93. The summed E-state index contributed by atoms with van der Waals surface area (Å²) in [4.78, 5) is 4.00. The normalized spacial score (nSPS) is 10.7. The number of hydrogen-bond donors (Lipinski definition) is 1. The van der Waals surface area contributed by atoms with Crippen molar-refractivity contribution in [1.29, 1.82) is 0 Å². The van der Waals surface area contributed by atoms with Gasteiger partial charge in [-0.3, -0.25) is 9.67 Å². The molecule has 0 aliphatic carbocycles. The molecule has 0 aliphatic rings. The van der Waals surface area contributed by atoms with Gasteiger partial charge in [0.2, 0.25) is 0 Å². The zero-order valence-corrected chi connectivity index (χ0v) is 14.0. The fraction of sp³-hybridized carbons (Fsp3) is 0.222. The van der Waals surface area contributed by atoms with E-state index < -0.39 is 0 Å². The van der Waals surface area contributed by atoms with E-state index in [1.165, 1.54) is 16.8 Å². The molecule has 118 valence electrons. The van der Waals surface area contributed by atoms with Crippen LogP contribution >= 0.6 is 11.6 Å². The number of benzene rings is 1. The van der Waals surface area contributed by atoms with Gasteiger partial charge >= 0.3 is 0 Å². The molecule has 2 aromatic heterocycles. The summed E-state index contributed by atoms with van der Waals surface area (Å²) in [6.45, 7) is 5.62. The van der Waals surface area contributed by atoms with Crippen molar-refractivity contribution in [3.05, 3.63) is 76.3 Å². The molecule has 0 amide bonds. The van der Waals surface area contributed by atoms with Gasteiger partial charge in [0.1, 0.15) is 0 Å². The average molecular weight is 327 g/mol. The molecule has 0 unspecified atom stereocenters. The Morgan fingerprint density at radius 2 is 1.91 bits per heavy atom. The molecule has 0 radical (unpaired) electrons. The third kappa shape index (κ3) is 3.54. The van der Waals surface area contributed by atoms with Crippen molar-refractivity contribution in [2.24, 2.45) is 0 Å². The molecule has 0 saturated heterocycles. The largest absolute Gasteiger partial charge is 0.380 e. The monoisotopic (exact) mass is 326 g/mol. The summed E-state index contributed by atoms with van der Waals surface area (Å²) in [6.07, 6.45) is 3.37. The van der Waals surface area contributed by atoms with Gasteiger partial charge in [-0.05, 0) is 25.5 Å². The number of hydrogen-bond acceptors (Lipinski definition) is 3. The average Bonchev–Trinajstić information content (AvgIpc) is 2.82. The number of rotatable bonds is 5. The zero-order valence-electron chi connectivity index (χ0n) is 13.3. The number of aromatic nitrogens is 3. The Hall–Kier alpha value is -2.33. The highest BCUT2D eigenvalue weighted by Crippen LogP contribution is 2.22. The smallest absolute Gasteiger partial charge is 0.0820 e. The summed E-state index contributed by atoms with van der Waals surface area (Å²) in [5.74, 6) is 0. The van der Waals surface area contributed by atoms with Gasteiger partial charge in [-0.1, -0.05) is 41.9 Å². The molecule has 3 aromatic rings. The summed E-state index contributed by atoms with van der Waals surface area (Å²) in [6, 6.07) is 12.2. The van der Waals surface area contributed by atoms with Crippen LogP contribution < -0.4 is 5.32 Å². The molecule has 0 saturated carbocycles. The molecule has 1 aromatic carbocycles. The quantitative estimate of drug-likeness (QED) is 0.763. The number of nitrogens with zero attached hydrogens (tertiary/aromatic N) is 3. The van der Waals surface area contributed by atoms with Crippen LogP contribution in [0.3, 0.4) is 0 Å². The maximum Gasteiger partial charge on any atom is 0.0820 e. The van der Waals surface area contributed by atoms with Gasteiger partial charge in [0.25, 0.3) is 0 Å². The standard InChI is InChI=1S/C18H19ClN4/c1-13-16(10-21-18-8-9-20-11-17(18)19)14(2)23(22-13)12-15-6-4-3-5-7-15/h3-9,11H,10,12H2,1-2H3,(H,20,21). The molecule has 0 spiro atoms. The van der Waals surface area contributed by atoms with Crippen LogP contribution in [-0.4, -0.2) is 14.8 Å². The lowest BCUT2D eigenvalue weighted by Gasteiger charge is -2.09. The Kier molecular flexibility index (Phi) is 4.63. The predicted molar refractivity (Wildman–Crippen MR) is 93.8 cm³/mol. The number of nitrogens with one attached hydrogen (secondary N) is 1. The lowest BCUT2D eigenvalue weighted by Crippen LogP contribution is -2.06. The van der Waals surface area contributed by atoms with Crippen molar-refractivity contribution in [3.63, 3.8) is 0 Å². The van der Waals surface area contributed by atoms with Gasteiger partial charge in [-0.15, -0.1) is 0 Å². The van der Waals surface area contributed by atoms with Crippen molar-refractivity contribution in [3.8, 4) is 0 Å². The molecule has 2 heterocycles. The second-order valence-corrected chi connectivity index (χ2v) is 5.91. The SMILES string of the molecule is Cc1nn(Cc2ccccc2)c(C)c1CNc1ccncc1Cl. The summed E-state index contributed by atoms with van der Waals surface area (Å²) >= 11 is 6.14. The van der Waals surface area contributed by atoms with Gasteiger partial charge in [0.05, 0.1) is 22.9 Å². The summed E-state index contributed by atoms with van der Waals surface area (Å²) in [5, 5.41) is 8.66. The molecular formula is C18H19ClN4. The van der Waals surface area contributed by atoms with E-state index in [1.807, 2.05) is 19.1 Å². The van der Waals surface area contributed by atoms with Crippen LogP contribution in [0, 0.1) is 13.8 Å². The van der Waals surface area contributed by atoms with Gasteiger partial charge < -0.3 is 5.32 Å². The minimum Gasteiger partial charge on any atom is -0.380 e. The van der Waals surface area contributed by atoms with E-state index >= 15 is 0 Å². The first-order valence-electron chi connectivity index (χ1n) is 7.55. The van der Waals surface area contributed by atoms with Crippen LogP contribution in [0.2, 0.25) is 5.02 Å². The third-order valence-electron chi connectivity index (χ3n) is 3.93. The lowest BCUT2D eigenvalue weighted by molar-refractivity contribution is 0.658. The lowest BCUT2D eigenvalue weighted by atomic mass is 10.2. The molecule has 23 heavy (non-hydrogen) atoms. The van der Waals surface area contributed by atoms with Gasteiger partial charge in [0, 0.05) is 30.2 Å². The second kappa shape index (κ2) is 6.84. The van der Waals surface area contributed by atoms with Crippen LogP contribution in [0.4, 0.5) is 5.69 Å². The third-order valence-corrected chi connectivity index (χ3v) is 4.24. The van der Waals surface area contributed by atoms with Crippen molar-refractivity contribution in [2.45, 2.75) is 26.9 Å². The molecule has 0 fully saturated rings. The number of aryl methyl sites for hydroxylation is 1. The Morgan fingerprint density at radius 3 is 2.65 bits per heavy atom. The topological polar surface area (TPSA) is 42.7 Å². The van der Waals surface area contributed by atoms with Crippen LogP contribution in [-0.2, 0) is 13.1 Å². The van der Waals surface area contributed by atoms with Gasteiger partial charge in [-0.25, -0.2) is 0 Å². The van der Waals surface area contributed by atoms with Crippen molar-refractivity contribution >= 4 is 17.3 Å². The molecule has 0 bridgehead atoms. The molecule has 5 heteroatoms. The van der Waals surface area contributed by atoms with E-state index in [0.29, 0.717) is 11.6 Å². The summed E-state index contributed by atoms with van der Waals surface area (Å²) in [5.41, 5.74) is 5.54. The van der Waals surface area contributed by atoms with E-state index in [0.717, 1.165) is 17.9 Å². The van der Waals surface area contributed by atoms with Crippen LogP contribution in [0.1, 0.15) is 22.5 Å². The Balaban J connectivity index is 1.77. The van der Waals surface area contributed by atoms with Crippen molar-refractivity contribution < 1.29 is 0 Å². The predicted octanol–water partition coefficient (Wildman–Crippen LogP) is 4.21. The van der Waals surface area contributed by atoms with Crippen molar-refractivity contribution in [2.75, 3.05) is 5.32 Å². The minimum atomic E-state index is 0.625. The fourth-order valence-electron chi connectivity index (χ4n) is 2.60. The molecule has 3 rings (SSSR count). The Bertz CT molecular complexity index is 796. The zero-order chi connectivity index (χ0) is 16.2. The van der Waals surface area contributed by atoms with E-state index in [2.05, 4.69) is 51.3 Å². The van der Waals surface area contributed by atoms with Crippen molar-refractivity contribution in [1.82, 2.24) is 14.8 Å². The molecule has 0 aliphatic heterocycles. The van der Waals surface area contributed by atoms with E-state index in [4.69, 9.17) is 11.6 Å². The summed E-state index contributed by atoms with van der Waals surface area (Å²) < 4.78 is 2.05.